The summed E-state index contributed by atoms with van der Waals surface area (Å²) in [4.78, 5) is 21.5. The number of aromatic nitrogens is 3. The number of aryl methyl sites for hydroxylation is 2. The number of thiazole rings is 1. The van der Waals surface area contributed by atoms with Gasteiger partial charge >= 0.3 is 0 Å². The second-order valence-electron chi connectivity index (χ2n) is 7.28. The number of anilines is 1. The molecule has 2 aromatic heterocycles. The summed E-state index contributed by atoms with van der Waals surface area (Å²) in [5.74, 6) is 1.21. The number of nitrogens with two attached hydrogens (primary N) is 1. The topological polar surface area (TPSA) is 120 Å². The van der Waals surface area contributed by atoms with Crippen LogP contribution < -0.4 is 10.5 Å². The lowest BCUT2D eigenvalue weighted by Crippen LogP contribution is -2.14. The summed E-state index contributed by atoms with van der Waals surface area (Å²) in [5, 5.41) is 10.7. The van der Waals surface area contributed by atoms with Crippen molar-refractivity contribution in [3.63, 3.8) is 0 Å². The van der Waals surface area contributed by atoms with E-state index >= 15 is 0 Å². The van der Waals surface area contributed by atoms with E-state index in [1.807, 2.05) is 9.95 Å². The fraction of sp³-hybridized carbons (Fsp3) is 0.421. The van der Waals surface area contributed by atoms with Crippen LogP contribution in [0.1, 0.15) is 50.0 Å². The van der Waals surface area contributed by atoms with Gasteiger partial charge in [-0.15, -0.1) is 11.3 Å². The summed E-state index contributed by atoms with van der Waals surface area (Å²) in [6.07, 6.45) is 3.97. The highest BCUT2D eigenvalue weighted by atomic mass is 32.2. The first kappa shape index (κ1) is 20.0. The zero-order valence-corrected chi connectivity index (χ0v) is 17.7. The first-order chi connectivity index (χ1) is 13.8. The number of imidazole rings is 1. The number of benzene rings is 1. The molecule has 1 fully saturated rings. The second-order valence-corrected chi connectivity index (χ2v) is 9.69. The van der Waals surface area contributed by atoms with Crippen LogP contribution >= 0.6 is 11.3 Å². The summed E-state index contributed by atoms with van der Waals surface area (Å²) in [6, 6.07) is 4.69. The van der Waals surface area contributed by atoms with Crippen molar-refractivity contribution in [1.29, 1.82) is 0 Å². The number of sulfonamides is 1. The van der Waals surface area contributed by atoms with Crippen LogP contribution in [0.5, 0.6) is 0 Å². The van der Waals surface area contributed by atoms with Crippen molar-refractivity contribution in [2.75, 3.05) is 5.32 Å². The van der Waals surface area contributed by atoms with Gasteiger partial charge < -0.3 is 9.88 Å². The predicted molar refractivity (Wildman–Crippen MR) is 112 cm³/mol. The van der Waals surface area contributed by atoms with Gasteiger partial charge in [0.25, 0.3) is 0 Å². The zero-order valence-electron chi connectivity index (χ0n) is 16.1. The molecule has 0 aliphatic heterocycles. The average molecular weight is 434 g/mol. The Balaban J connectivity index is 1.49. The van der Waals surface area contributed by atoms with Gasteiger partial charge in [0, 0.05) is 30.7 Å². The molecule has 0 saturated heterocycles. The Kier molecular flexibility index (Phi) is 5.41. The van der Waals surface area contributed by atoms with Crippen LogP contribution in [0.4, 0.5) is 5.13 Å². The van der Waals surface area contributed by atoms with E-state index in [4.69, 9.17) is 5.14 Å². The van der Waals surface area contributed by atoms with Crippen LogP contribution in [-0.2, 0) is 27.8 Å². The van der Waals surface area contributed by atoms with E-state index in [-0.39, 0.29) is 17.2 Å². The molecule has 10 heteroatoms. The molecule has 0 bridgehead atoms. The normalized spacial score (nSPS) is 14.4. The molecule has 1 aliphatic rings. The average Bonchev–Trinajstić information content (AvgIpc) is 3.32. The monoisotopic (exact) mass is 433 g/mol. The van der Waals surface area contributed by atoms with Crippen LogP contribution in [0.25, 0.3) is 11.0 Å². The van der Waals surface area contributed by atoms with Gasteiger partial charge in [-0.25, -0.2) is 23.5 Å². The van der Waals surface area contributed by atoms with E-state index < -0.39 is 10.0 Å². The minimum Gasteiger partial charge on any atom is -0.328 e. The van der Waals surface area contributed by atoms with Gasteiger partial charge in [-0.2, -0.15) is 0 Å². The Morgan fingerprint density at radius 3 is 2.83 bits per heavy atom. The summed E-state index contributed by atoms with van der Waals surface area (Å²) >= 11 is 1.45. The molecule has 0 unspecified atom stereocenters. The summed E-state index contributed by atoms with van der Waals surface area (Å²) in [6.45, 7) is 2.79. The maximum atomic E-state index is 12.4. The molecule has 0 atom stereocenters. The fourth-order valence-electron chi connectivity index (χ4n) is 3.32. The third-order valence-electron chi connectivity index (χ3n) is 4.91. The standard InChI is InChI=1S/C19H23N5O3S2/c1-2-9-24-16-6-5-13(29(20,26)27)10-14(16)21-17(24)7-8-18(25)23-19-22-15(11-28-19)12-3-4-12/h5-6,10-12H,2-4,7-9H2,1H3,(H2,20,26,27)(H,22,23,25). The number of hydrogen-bond acceptors (Lipinski definition) is 6. The molecule has 29 heavy (non-hydrogen) atoms. The van der Waals surface area contributed by atoms with Crippen molar-refractivity contribution in [1.82, 2.24) is 14.5 Å². The highest BCUT2D eigenvalue weighted by molar-refractivity contribution is 7.89. The highest BCUT2D eigenvalue weighted by Crippen LogP contribution is 2.40. The maximum absolute atomic E-state index is 12.4. The number of carbonyl (C=O) groups excluding carboxylic acids is 1. The largest absolute Gasteiger partial charge is 0.328 e. The van der Waals surface area contributed by atoms with E-state index in [2.05, 4.69) is 22.2 Å². The van der Waals surface area contributed by atoms with Crippen molar-refractivity contribution >= 4 is 43.4 Å². The Hall–Kier alpha value is -2.30. The lowest BCUT2D eigenvalue weighted by molar-refractivity contribution is -0.116. The van der Waals surface area contributed by atoms with Gasteiger partial charge in [-0.05, 0) is 37.5 Å². The third-order valence-corrected chi connectivity index (χ3v) is 6.60. The molecule has 4 rings (SSSR count). The number of rotatable bonds is 8. The molecule has 1 aliphatic carbocycles. The molecule has 154 valence electrons. The zero-order chi connectivity index (χ0) is 20.6. The Morgan fingerprint density at radius 2 is 2.14 bits per heavy atom. The number of amides is 1. The quantitative estimate of drug-likeness (QED) is 0.566. The van der Waals surface area contributed by atoms with Crippen molar-refractivity contribution in [3.8, 4) is 0 Å². The molecule has 8 nitrogen and oxygen atoms in total. The summed E-state index contributed by atoms with van der Waals surface area (Å²) in [7, 11) is -3.79. The number of carbonyl (C=O) groups is 1. The first-order valence-electron chi connectivity index (χ1n) is 9.62. The Morgan fingerprint density at radius 1 is 1.34 bits per heavy atom. The van der Waals surface area contributed by atoms with Crippen molar-refractivity contribution in [2.45, 2.75) is 56.4 Å². The number of fused-ring (bicyclic) bond motifs is 1. The number of primary sulfonamides is 1. The molecular formula is C19H23N5O3S2. The third kappa shape index (κ3) is 4.49. The lowest BCUT2D eigenvalue weighted by atomic mass is 10.2. The van der Waals surface area contributed by atoms with Gasteiger partial charge in [-0.1, -0.05) is 6.92 Å². The van der Waals surface area contributed by atoms with E-state index in [0.717, 1.165) is 30.0 Å². The minimum atomic E-state index is -3.79. The van der Waals surface area contributed by atoms with E-state index in [9.17, 15) is 13.2 Å². The number of nitrogens with zero attached hydrogens (tertiary/aromatic N) is 3. The van der Waals surface area contributed by atoms with E-state index in [0.29, 0.717) is 23.0 Å². The van der Waals surface area contributed by atoms with Crippen LogP contribution in [0.2, 0.25) is 0 Å². The molecule has 1 saturated carbocycles. The van der Waals surface area contributed by atoms with Gasteiger partial charge in [0.1, 0.15) is 5.82 Å². The second kappa shape index (κ2) is 7.85. The lowest BCUT2D eigenvalue weighted by Gasteiger charge is -2.08. The van der Waals surface area contributed by atoms with Crippen LogP contribution in [-0.4, -0.2) is 28.9 Å². The van der Waals surface area contributed by atoms with Crippen LogP contribution in [0, 0.1) is 0 Å². The van der Waals surface area contributed by atoms with E-state index in [1.54, 1.807) is 6.07 Å². The van der Waals surface area contributed by atoms with Gasteiger partial charge in [0.2, 0.25) is 15.9 Å². The smallest absolute Gasteiger partial charge is 0.238 e. The highest BCUT2D eigenvalue weighted by Gasteiger charge is 2.26. The molecule has 0 spiro atoms. The van der Waals surface area contributed by atoms with Crippen LogP contribution in [0.15, 0.2) is 28.5 Å². The molecule has 3 N–H and O–H groups in total. The molecule has 1 amide bonds. The van der Waals surface area contributed by atoms with Gasteiger partial charge in [-0.3, -0.25) is 4.79 Å². The SMILES string of the molecule is CCCn1c(CCC(=O)Nc2nc(C3CC3)cs2)nc2cc(S(N)(=O)=O)ccc21. The Labute approximate surface area is 173 Å². The van der Waals surface area contributed by atoms with E-state index in [1.165, 1.54) is 36.3 Å². The minimum absolute atomic E-state index is 0.0330. The molecule has 3 aromatic rings. The molecular weight excluding hydrogens is 410 g/mol. The van der Waals surface area contributed by atoms with Crippen molar-refractivity contribution in [2.24, 2.45) is 5.14 Å². The van der Waals surface area contributed by atoms with Crippen LogP contribution in [0.3, 0.4) is 0 Å². The van der Waals surface area contributed by atoms with Gasteiger partial charge in [0.15, 0.2) is 5.13 Å². The van der Waals surface area contributed by atoms with Gasteiger partial charge in [0.05, 0.1) is 21.6 Å². The Bertz CT molecular complexity index is 1160. The molecule has 0 radical (unpaired) electrons. The van der Waals surface area contributed by atoms with Crippen molar-refractivity contribution < 1.29 is 13.2 Å². The summed E-state index contributed by atoms with van der Waals surface area (Å²) < 4.78 is 25.3. The summed E-state index contributed by atoms with van der Waals surface area (Å²) in [5.41, 5.74) is 2.47. The van der Waals surface area contributed by atoms with Crippen molar-refractivity contribution in [3.05, 3.63) is 35.1 Å². The number of nitrogens with one attached hydrogen (secondary N) is 1. The number of hydrogen-bond donors (Lipinski definition) is 2. The molecule has 1 aromatic carbocycles. The first-order valence-corrected chi connectivity index (χ1v) is 12.0. The molecule has 2 heterocycles. The maximum Gasteiger partial charge on any atom is 0.238 e. The fourth-order valence-corrected chi connectivity index (χ4v) is 4.66. The predicted octanol–water partition coefficient (Wildman–Crippen LogP) is 3.00.